The van der Waals surface area contributed by atoms with Gasteiger partial charge in [0, 0.05) is 17.7 Å². The topological polar surface area (TPSA) is 24.7 Å². The van der Waals surface area contributed by atoms with Gasteiger partial charge < -0.3 is 0 Å². The molecule has 14 heavy (non-hydrogen) atoms. The van der Waals surface area contributed by atoms with Crippen molar-refractivity contribution in [3.8, 4) is 0 Å². The first-order chi connectivity index (χ1) is 6.27. The Bertz CT molecular complexity index is 168. The number of hydrogen-bond acceptors (Lipinski definition) is 4. The third-order valence-corrected chi connectivity index (χ3v) is 2.05. The number of hydrogen-bond donors (Lipinski definition) is 2. The van der Waals surface area contributed by atoms with Crippen LogP contribution >= 0.6 is 37.7 Å². The smallest absolute Gasteiger partial charge is 0.0892 e. The van der Waals surface area contributed by atoms with Gasteiger partial charge in [-0.1, -0.05) is 12.8 Å². The van der Waals surface area contributed by atoms with E-state index in [1.807, 2.05) is 6.92 Å². The summed E-state index contributed by atoms with van der Waals surface area (Å²) >= 11 is 8.37. The van der Waals surface area contributed by atoms with Gasteiger partial charge in [-0.15, -0.1) is 12.4 Å². The molecule has 0 bridgehead atoms. The second-order valence-corrected chi connectivity index (χ2v) is 4.44. The average Bonchev–Trinajstić information content (AvgIpc) is 2.09. The van der Waals surface area contributed by atoms with E-state index in [1.165, 1.54) is 12.8 Å². The number of nitrogens with zero attached hydrogens (tertiary/aromatic N) is 2. The molecule has 0 aromatic heterocycles. The first-order valence-corrected chi connectivity index (χ1v) is 5.74. The van der Waals surface area contributed by atoms with E-state index in [0.717, 1.165) is 25.9 Å². The summed E-state index contributed by atoms with van der Waals surface area (Å²) in [5, 5.41) is 0. The predicted octanol–water partition coefficient (Wildman–Crippen LogP) is 3.35. The number of aliphatic imine (C=N–C) groups is 2. The van der Waals surface area contributed by atoms with Crippen molar-refractivity contribution >= 4 is 43.7 Å². The number of halogens is 1. The summed E-state index contributed by atoms with van der Waals surface area (Å²) in [6.45, 7) is 3.58. The van der Waals surface area contributed by atoms with E-state index in [1.54, 1.807) is 0 Å². The molecule has 2 nitrogen and oxygen atoms in total. The molecule has 0 N–H and O–H groups in total. The van der Waals surface area contributed by atoms with Crippen molar-refractivity contribution in [1.29, 1.82) is 0 Å². The highest BCUT2D eigenvalue weighted by Crippen LogP contribution is 2.11. The van der Waals surface area contributed by atoms with Crippen molar-refractivity contribution < 1.29 is 0 Å². The summed E-state index contributed by atoms with van der Waals surface area (Å²) in [6, 6.07) is 2.65. The van der Waals surface area contributed by atoms with Crippen molar-refractivity contribution in [2.24, 2.45) is 9.98 Å². The van der Waals surface area contributed by atoms with Crippen LogP contribution in [0.2, 0.25) is 0 Å². The van der Waals surface area contributed by atoms with Crippen molar-refractivity contribution in [2.45, 2.75) is 37.2 Å². The molecule has 0 saturated carbocycles. The molecule has 84 valence electrons. The Morgan fingerprint density at radius 3 is 2.43 bits per heavy atom. The Kier molecular flexibility index (Phi) is 16.0. The summed E-state index contributed by atoms with van der Waals surface area (Å²) in [5.41, 5.74) is 0. The van der Waals surface area contributed by atoms with Crippen LogP contribution in [0, 0.1) is 0 Å². The second kappa shape index (κ2) is 13.4. The Morgan fingerprint density at radius 2 is 1.86 bits per heavy atom. The molecular weight excluding hydrogens is 236 g/mol. The van der Waals surface area contributed by atoms with Crippen LogP contribution in [0.25, 0.3) is 0 Å². The molecule has 0 rings (SSSR count). The van der Waals surface area contributed by atoms with E-state index in [-0.39, 0.29) is 17.0 Å². The molecule has 0 radical (unpaired) electrons. The summed E-state index contributed by atoms with van der Waals surface area (Å²) < 4.78 is 0.227. The molecule has 0 heterocycles. The maximum Gasteiger partial charge on any atom is 0.0892 e. The van der Waals surface area contributed by atoms with Gasteiger partial charge in [-0.25, -0.2) is 9.98 Å². The highest BCUT2D eigenvalue weighted by atomic mass is 35.5. The molecule has 0 fully saturated rings. The first-order valence-electron chi connectivity index (χ1n) is 4.71. The highest BCUT2D eigenvalue weighted by Gasteiger charge is 1.94. The van der Waals surface area contributed by atoms with E-state index >= 15 is 0 Å². The lowest BCUT2D eigenvalue weighted by atomic mass is 10.2. The van der Waals surface area contributed by atoms with Crippen molar-refractivity contribution in [3.05, 3.63) is 0 Å². The molecule has 0 amide bonds. The molecule has 0 aliphatic carbocycles. The Hall–Kier alpha value is 0.370. The average molecular weight is 255 g/mol. The zero-order chi connectivity index (χ0) is 9.94. The minimum atomic E-state index is 0. The van der Waals surface area contributed by atoms with Crippen LogP contribution in [0.15, 0.2) is 9.98 Å². The fraction of sp³-hybridized carbons (Fsp3) is 0.889. The van der Waals surface area contributed by atoms with Crippen LogP contribution in [-0.2, 0) is 0 Å². The van der Waals surface area contributed by atoms with Crippen molar-refractivity contribution in [3.63, 3.8) is 0 Å². The molecule has 0 aromatic rings. The van der Waals surface area contributed by atoms with Gasteiger partial charge in [-0.2, -0.15) is 25.3 Å². The molecule has 0 aliphatic rings. The fourth-order valence-corrected chi connectivity index (χ4v) is 1.23. The van der Waals surface area contributed by atoms with Crippen LogP contribution in [0.1, 0.15) is 32.6 Å². The van der Waals surface area contributed by atoms with Gasteiger partial charge in [0.1, 0.15) is 0 Å². The molecule has 0 saturated heterocycles. The summed E-state index contributed by atoms with van der Waals surface area (Å²) in [5.74, 6) is 0. The lowest BCUT2D eigenvalue weighted by Gasteiger charge is -2.00. The van der Waals surface area contributed by atoms with Gasteiger partial charge in [0.05, 0.1) is 6.01 Å². The van der Waals surface area contributed by atoms with Gasteiger partial charge >= 0.3 is 0 Å². The van der Waals surface area contributed by atoms with E-state index < -0.39 is 0 Å². The number of thiol groups is 2. The fourth-order valence-electron chi connectivity index (χ4n) is 0.865. The third kappa shape index (κ3) is 14.9. The monoisotopic (exact) mass is 254 g/mol. The quantitative estimate of drug-likeness (QED) is 0.302. The maximum atomic E-state index is 4.18. The zero-order valence-electron chi connectivity index (χ0n) is 8.52. The summed E-state index contributed by atoms with van der Waals surface area (Å²) in [6.07, 6.45) is 4.55. The zero-order valence-corrected chi connectivity index (χ0v) is 11.1. The Balaban J connectivity index is 0. The summed E-state index contributed by atoms with van der Waals surface area (Å²) in [7, 11) is 0. The lowest BCUT2D eigenvalue weighted by Crippen LogP contribution is -1.88. The van der Waals surface area contributed by atoms with E-state index in [4.69, 9.17) is 0 Å². The van der Waals surface area contributed by atoms with E-state index in [9.17, 15) is 0 Å². The van der Waals surface area contributed by atoms with Gasteiger partial charge in [0.2, 0.25) is 0 Å². The standard InChI is InChI=1S/C9H18N2S2.ClH/c1-2-10-8-11-7-5-3-4-6-9(12)13;/h9,12-13H,2-7H2,1H3;1H. The molecule has 5 heteroatoms. The molecular formula is C9H19ClN2S2. The molecule has 0 spiro atoms. The van der Waals surface area contributed by atoms with Gasteiger partial charge in [-0.05, 0) is 19.8 Å². The first kappa shape index (κ1) is 16.8. The minimum Gasteiger partial charge on any atom is -0.226 e. The van der Waals surface area contributed by atoms with Gasteiger partial charge in [0.25, 0.3) is 0 Å². The van der Waals surface area contributed by atoms with Gasteiger partial charge in [-0.3, -0.25) is 0 Å². The second-order valence-electron chi connectivity index (χ2n) is 2.79. The van der Waals surface area contributed by atoms with E-state index in [0.29, 0.717) is 0 Å². The molecule has 0 aliphatic heterocycles. The highest BCUT2D eigenvalue weighted by molar-refractivity contribution is 7.99. The van der Waals surface area contributed by atoms with Crippen LogP contribution in [-0.4, -0.2) is 23.7 Å². The number of unbranched alkanes of at least 4 members (excludes halogenated alkanes) is 2. The van der Waals surface area contributed by atoms with Crippen molar-refractivity contribution in [1.82, 2.24) is 0 Å². The third-order valence-electron chi connectivity index (χ3n) is 1.53. The van der Waals surface area contributed by atoms with Crippen LogP contribution in [0.4, 0.5) is 0 Å². The molecule has 0 atom stereocenters. The van der Waals surface area contributed by atoms with Crippen molar-refractivity contribution in [2.75, 3.05) is 13.1 Å². The Labute approximate surface area is 104 Å². The van der Waals surface area contributed by atoms with E-state index in [2.05, 4.69) is 41.3 Å². The predicted molar refractivity (Wildman–Crippen MR) is 72.7 cm³/mol. The SMILES string of the molecule is CCN=C=NCCCCCC(S)S.Cl. The number of rotatable bonds is 7. The molecule has 0 unspecified atom stereocenters. The normalized spacial score (nSPS) is 9.14. The Morgan fingerprint density at radius 1 is 1.14 bits per heavy atom. The molecule has 0 aromatic carbocycles. The van der Waals surface area contributed by atoms with Gasteiger partial charge in [0.15, 0.2) is 0 Å². The van der Waals surface area contributed by atoms with Crippen LogP contribution < -0.4 is 0 Å². The summed E-state index contributed by atoms with van der Waals surface area (Å²) in [4.78, 5) is 7.90. The largest absolute Gasteiger partial charge is 0.226 e. The lowest BCUT2D eigenvalue weighted by molar-refractivity contribution is 0.673. The van der Waals surface area contributed by atoms with Crippen LogP contribution in [0.5, 0.6) is 0 Å². The maximum absolute atomic E-state index is 4.18. The minimum absolute atomic E-state index is 0. The van der Waals surface area contributed by atoms with Crippen LogP contribution in [0.3, 0.4) is 0 Å².